The van der Waals surface area contributed by atoms with Crippen LogP contribution < -0.4 is 5.32 Å². The lowest BCUT2D eigenvalue weighted by Crippen LogP contribution is -2.42. The summed E-state index contributed by atoms with van der Waals surface area (Å²) in [6, 6.07) is 11.0. The molecule has 1 saturated carbocycles. The Morgan fingerprint density at radius 2 is 1.95 bits per heavy atom. The molecule has 1 aromatic carbocycles. The molecule has 0 bridgehead atoms. The van der Waals surface area contributed by atoms with Crippen LogP contribution >= 0.6 is 0 Å². The molecule has 0 spiro atoms. The van der Waals surface area contributed by atoms with E-state index < -0.39 is 0 Å². The molecule has 1 aliphatic heterocycles. The Kier molecular flexibility index (Phi) is 4.71. The van der Waals surface area contributed by atoms with Crippen LogP contribution in [0.15, 0.2) is 36.4 Å². The Balaban J connectivity index is 1.50. The standard InChI is InChI=1S/C18H24N2O/c21-18(14-19-17-8-4-5-9-17)20-12-10-16(11-13-20)15-6-2-1-3-7-15/h1-3,6-7,10,17,19H,4-5,8-9,11-14H2. The minimum Gasteiger partial charge on any atom is -0.338 e. The molecule has 2 aliphatic rings. The molecule has 0 saturated heterocycles. The second-order valence-electron chi connectivity index (χ2n) is 6.05. The Bertz CT molecular complexity index is 503. The van der Waals surface area contributed by atoms with Gasteiger partial charge in [-0.05, 0) is 30.4 Å². The smallest absolute Gasteiger partial charge is 0.236 e. The van der Waals surface area contributed by atoms with Crippen molar-refractivity contribution in [1.82, 2.24) is 10.2 Å². The average Bonchev–Trinajstić information content (AvgIpc) is 3.07. The van der Waals surface area contributed by atoms with E-state index in [0.717, 1.165) is 19.5 Å². The maximum absolute atomic E-state index is 12.2. The molecule has 0 radical (unpaired) electrons. The molecule has 1 N–H and O–H groups in total. The number of benzene rings is 1. The lowest BCUT2D eigenvalue weighted by molar-refractivity contribution is -0.129. The molecule has 0 aromatic heterocycles. The van der Waals surface area contributed by atoms with Gasteiger partial charge in [-0.2, -0.15) is 0 Å². The van der Waals surface area contributed by atoms with Crippen LogP contribution in [0.2, 0.25) is 0 Å². The van der Waals surface area contributed by atoms with E-state index in [1.807, 2.05) is 11.0 Å². The summed E-state index contributed by atoms with van der Waals surface area (Å²) in [5, 5.41) is 3.41. The highest BCUT2D eigenvalue weighted by Gasteiger charge is 2.20. The monoisotopic (exact) mass is 284 g/mol. The lowest BCUT2D eigenvalue weighted by Gasteiger charge is -2.27. The number of nitrogens with one attached hydrogen (secondary N) is 1. The molecule has 21 heavy (non-hydrogen) atoms. The average molecular weight is 284 g/mol. The van der Waals surface area contributed by atoms with Gasteiger partial charge in [-0.1, -0.05) is 49.2 Å². The van der Waals surface area contributed by atoms with Crippen LogP contribution in [0.1, 0.15) is 37.7 Å². The molecule has 1 heterocycles. The van der Waals surface area contributed by atoms with Gasteiger partial charge in [0.25, 0.3) is 0 Å². The van der Waals surface area contributed by atoms with E-state index in [2.05, 4.69) is 35.7 Å². The van der Waals surface area contributed by atoms with Crippen LogP contribution in [0.4, 0.5) is 0 Å². The van der Waals surface area contributed by atoms with Gasteiger partial charge in [0.2, 0.25) is 5.91 Å². The van der Waals surface area contributed by atoms with Gasteiger partial charge in [-0.3, -0.25) is 4.79 Å². The van der Waals surface area contributed by atoms with E-state index in [9.17, 15) is 4.79 Å². The van der Waals surface area contributed by atoms with Crippen molar-refractivity contribution in [1.29, 1.82) is 0 Å². The number of carbonyl (C=O) groups is 1. The summed E-state index contributed by atoms with van der Waals surface area (Å²) in [4.78, 5) is 14.2. The fraction of sp³-hybridized carbons (Fsp3) is 0.500. The zero-order valence-corrected chi connectivity index (χ0v) is 12.6. The largest absolute Gasteiger partial charge is 0.338 e. The number of carbonyl (C=O) groups excluding carboxylic acids is 1. The number of nitrogens with zero attached hydrogens (tertiary/aromatic N) is 1. The predicted octanol–water partition coefficient (Wildman–Crippen LogP) is 2.83. The van der Waals surface area contributed by atoms with Crippen LogP contribution in [0, 0.1) is 0 Å². The summed E-state index contributed by atoms with van der Waals surface area (Å²) in [6.45, 7) is 2.08. The minimum absolute atomic E-state index is 0.241. The Labute approximate surface area is 127 Å². The second kappa shape index (κ2) is 6.90. The number of rotatable bonds is 4. The molecular formula is C18H24N2O. The molecule has 3 nitrogen and oxygen atoms in total. The molecule has 3 heteroatoms. The highest BCUT2D eigenvalue weighted by molar-refractivity contribution is 5.80. The highest BCUT2D eigenvalue weighted by Crippen LogP contribution is 2.22. The first-order valence-electron chi connectivity index (χ1n) is 8.08. The van der Waals surface area contributed by atoms with Crippen molar-refractivity contribution in [3.63, 3.8) is 0 Å². The third-order valence-electron chi connectivity index (χ3n) is 4.60. The van der Waals surface area contributed by atoms with Crippen LogP contribution in [0.25, 0.3) is 5.57 Å². The van der Waals surface area contributed by atoms with E-state index in [1.54, 1.807) is 0 Å². The van der Waals surface area contributed by atoms with E-state index in [4.69, 9.17) is 0 Å². The molecule has 0 unspecified atom stereocenters. The third-order valence-corrected chi connectivity index (χ3v) is 4.60. The maximum atomic E-state index is 12.2. The van der Waals surface area contributed by atoms with E-state index in [1.165, 1.54) is 36.8 Å². The molecular weight excluding hydrogens is 260 g/mol. The Morgan fingerprint density at radius 1 is 1.19 bits per heavy atom. The summed E-state index contributed by atoms with van der Waals surface area (Å²) in [6.07, 6.45) is 8.22. The normalized spacial score (nSPS) is 19.6. The van der Waals surface area contributed by atoms with E-state index >= 15 is 0 Å². The first kappa shape index (κ1) is 14.3. The Hall–Kier alpha value is -1.61. The predicted molar refractivity (Wildman–Crippen MR) is 85.9 cm³/mol. The second-order valence-corrected chi connectivity index (χ2v) is 6.05. The topological polar surface area (TPSA) is 32.3 Å². The van der Waals surface area contributed by atoms with Gasteiger partial charge in [-0.25, -0.2) is 0 Å². The molecule has 1 aliphatic carbocycles. The van der Waals surface area contributed by atoms with Crippen molar-refractivity contribution in [2.45, 2.75) is 38.1 Å². The van der Waals surface area contributed by atoms with Gasteiger partial charge in [0.05, 0.1) is 6.54 Å². The van der Waals surface area contributed by atoms with Crippen molar-refractivity contribution in [2.75, 3.05) is 19.6 Å². The third kappa shape index (κ3) is 3.73. The van der Waals surface area contributed by atoms with Crippen molar-refractivity contribution >= 4 is 11.5 Å². The zero-order valence-electron chi connectivity index (χ0n) is 12.6. The van der Waals surface area contributed by atoms with E-state index in [-0.39, 0.29) is 5.91 Å². The van der Waals surface area contributed by atoms with Crippen LogP contribution in [0.3, 0.4) is 0 Å². The SMILES string of the molecule is O=C(CNC1CCCC1)N1CC=C(c2ccccc2)CC1. The fourth-order valence-corrected chi connectivity index (χ4v) is 3.28. The number of hydrogen-bond acceptors (Lipinski definition) is 2. The highest BCUT2D eigenvalue weighted by atomic mass is 16.2. The molecule has 1 fully saturated rings. The molecule has 1 aromatic rings. The number of hydrogen-bond donors (Lipinski definition) is 1. The first-order valence-corrected chi connectivity index (χ1v) is 8.08. The van der Waals surface area contributed by atoms with Gasteiger partial charge in [0, 0.05) is 19.1 Å². The molecule has 0 atom stereocenters. The van der Waals surface area contributed by atoms with Crippen molar-refractivity contribution in [3.8, 4) is 0 Å². The summed E-state index contributed by atoms with van der Waals surface area (Å²) < 4.78 is 0. The van der Waals surface area contributed by atoms with Gasteiger partial charge in [0.1, 0.15) is 0 Å². The fourth-order valence-electron chi connectivity index (χ4n) is 3.28. The molecule has 1 amide bonds. The quantitative estimate of drug-likeness (QED) is 0.922. The Morgan fingerprint density at radius 3 is 2.62 bits per heavy atom. The summed E-state index contributed by atoms with van der Waals surface area (Å²) in [5.74, 6) is 0.241. The van der Waals surface area contributed by atoms with Crippen LogP contribution in [-0.4, -0.2) is 36.5 Å². The van der Waals surface area contributed by atoms with Gasteiger partial charge >= 0.3 is 0 Å². The molecule has 112 valence electrons. The summed E-state index contributed by atoms with van der Waals surface area (Å²) >= 11 is 0. The zero-order chi connectivity index (χ0) is 14.5. The summed E-state index contributed by atoms with van der Waals surface area (Å²) in [5.41, 5.74) is 2.65. The minimum atomic E-state index is 0.241. The van der Waals surface area contributed by atoms with Crippen molar-refractivity contribution < 1.29 is 4.79 Å². The van der Waals surface area contributed by atoms with Gasteiger partial charge in [0.15, 0.2) is 0 Å². The van der Waals surface area contributed by atoms with Gasteiger partial charge < -0.3 is 10.2 Å². The molecule has 3 rings (SSSR count). The van der Waals surface area contributed by atoms with Gasteiger partial charge in [-0.15, -0.1) is 0 Å². The lowest BCUT2D eigenvalue weighted by atomic mass is 9.99. The van der Waals surface area contributed by atoms with Crippen LogP contribution in [-0.2, 0) is 4.79 Å². The van der Waals surface area contributed by atoms with Crippen LogP contribution in [0.5, 0.6) is 0 Å². The first-order chi connectivity index (χ1) is 10.3. The summed E-state index contributed by atoms with van der Waals surface area (Å²) in [7, 11) is 0. The number of amides is 1. The van der Waals surface area contributed by atoms with Crippen molar-refractivity contribution in [2.24, 2.45) is 0 Å². The maximum Gasteiger partial charge on any atom is 0.236 e. The van der Waals surface area contributed by atoms with Crippen molar-refractivity contribution in [3.05, 3.63) is 42.0 Å². The van der Waals surface area contributed by atoms with E-state index in [0.29, 0.717) is 12.6 Å².